The van der Waals surface area contributed by atoms with E-state index in [1.54, 1.807) is 4.57 Å². The molecule has 2 aromatic rings. The Morgan fingerprint density at radius 3 is 2.72 bits per heavy atom. The summed E-state index contributed by atoms with van der Waals surface area (Å²) >= 11 is 5.05. The van der Waals surface area contributed by atoms with Crippen LogP contribution < -0.4 is 5.32 Å². The molecule has 0 radical (unpaired) electrons. The Hall–Kier alpha value is -2.42. The molecule has 25 heavy (non-hydrogen) atoms. The zero-order valence-electron chi connectivity index (χ0n) is 13.6. The lowest BCUT2D eigenvalue weighted by atomic mass is 10.00. The average molecular weight is 370 g/mol. The SMILES string of the molecule is CCn1c(CNC(=O)/C=C(/C)c2ccccc2C(F)(F)F)n[nH]c1=S. The van der Waals surface area contributed by atoms with Gasteiger partial charge in [0, 0.05) is 12.6 Å². The van der Waals surface area contributed by atoms with Crippen LogP contribution in [-0.4, -0.2) is 20.7 Å². The third-order valence-electron chi connectivity index (χ3n) is 3.58. The summed E-state index contributed by atoms with van der Waals surface area (Å²) in [5.41, 5.74) is -0.579. The van der Waals surface area contributed by atoms with Gasteiger partial charge in [0.1, 0.15) is 0 Å². The molecular formula is C16H17F3N4OS. The van der Waals surface area contributed by atoms with Crippen LogP contribution in [0, 0.1) is 4.77 Å². The average Bonchev–Trinajstić information content (AvgIpc) is 2.92. The molecule has 0 unspecified atom stereocenters. The number of carbonyl (C=O) groups excluding carboxylic acids is 1. The lowest BCUT2D eigenvalue weighted by molar-refractivity contribution is -0.137. The molecule has 0 bridgehead atoms. The second kappa shape index (κ2) is 7.64. The van der Waals surface area contributed by atoms with Crippen molar-refractivity contribution in [2.24, 2.45) is 0 Å². The topological polar surface area (TPSA) is 62.7 Å². The molecule has 0 saturated carbocycles. The highest BCUT2D eigenvalue weighted by molar-refractivity contribution is 7.71. The van der Waals surface area contributed by atoms with Gasteiger partial charge in [-0.3, -0.25) is 9.89 Å². The molecule has 0 spiro atoms. The minimum atomic E-state index is -4.48. The highest BCUT2D eigenvalue weighted by Gasteiger charge is 2.33. The summed E-state index contributed by atoms with van der Waals surface area (Å²) < 4.78 is 41.3. The van der Waals surface area contributed by atoms with Crippen LogP contribution in [0.4, 0.5) is 13.2 Å². The second-order valence-electron chi connectivity index (χ2n) is 5.28. The third kappa shape index (κ3) is 4.56. The van der Waals surface area contributed by atoms with Gasteiger partial charge in [0.15, 0.2) is 10.6 Å². The Labute approximate surface area is 147 Å². The van der Waals surface area contributed by atoms with Gasteiger partial charge in [-0.1, -0.05) is 18.2 Å². The first-order chi connectivity index (χ1) is 11.7. The highest BCUT2D eigenvalue weighted by atomic mass is 32.1. The molecule has 0 aliphatic carbocycles. The van der Waals surface area contributed by atoms with E-state index in [1.165, 1.54) is 25.1 Å². The van der Waals surface area contributed by atoms with Crippen molar-refractivity contribution in [3.63, 3.8) is 0 Å². The van der Waals surface area contributed by atoms with Crippen molar-refractivity contribution in [3.05, 3.63) is 52.1 Å². The molecule has 1 aromatic carbocycles. The Kier molecular flexibility index (Phi) is 5.78. The summed E-state index contributed by atoms with van der Waals surface area (Å²) in [5.74, 6) is 0.0358. The number of alkyl halides is 3. The first-order valence-electron chi connectivity index (χ1n) is 7.50. The van der Waals surface area contributed by atoms with Crippen molar-refractivity contribution in [1.82, 2.24) is 20.1 Å². The number of benzene rings is 1. The van der Waals surface area contributed by atoms with E-state index in [0.29, 0.717) is 17.1 Å². The molecular weight excluding hydrogens is 353 g/mol. The lowest BCUT2D eigenvalue weighted by Gasteiger charge is -2.13. The zero-order chi connectivity index (χ0) is 18.6. The monoisotopic (exact) mass is 370 g/mol. The van der Waals surface area contributed by atoms with Crippen molar-refractivity contribution in [2.75, 3.05) is 0 Å². The normalized spacial score (nSPS) is 12.3. The first-order valence-corrected chi connectivity index (χ1v) is 7.91. The Balaban J connectivity index is 2.15. The summed E-state index contributed by atoms with van der Waals surface area (Å²) in [6.45, 7) is 4.06. The van der Waals surface area contributed by atoms with Gasteiger partial charge >= 0.3 is 6.18 Å². The standard InChI is InChI=1S/C16H17F3N4OS/c1-3-23-13(21-22-15(23)25)9-20-14(24)8-10(2)11-6-4-5-7-12(11)16(17,18)19/h4-8H,3,9H2,1-2H3,(H,20,24)(H,22,25)/b10-8-. The fourth-order valence-corrected chi connectivity index (χ4v) is 2.66. The number of carbonyl (C=O) groups is 1. The summed E-state index contributed by atoms with van der Waals surface area (Å²) in [7, 11) is 0. The Morgan fingerprint density at radius 2 is 2.08 bits per heavy atom. The molecule has 1 heterocycles. The summed E-state index contributed by atoms with van der Waals surface area (Å²) in [6.07, 6.45) is -3.34. The van der Waals surface area contributed by atoms with Crippen LogP contribution >= 0.6 is 12.2 Å². The number of aromatic amines is 1. The van der Waals surface area contributed by atoms with E-state index < -0.39 is 17.6 Å². The second-order valence-corrected chi connectivity index (χ2v) is 5.66. The summed E-state index contributed by atoms with van der Waals surface area (Å²) in [5, 5.41) is 9.23. The maximum absolute atomic E-state index is 13.0. The number of hydrogen-bond donors (Lipinski definition) is 2. The maximum atomic E-state index is 13.0. The van der Waals surface area contributed by atoms with Gasteiger partial charge in [0.25, 0.3) is 0 Å². The number of nitrogens with one attached hydrogen (secondary N) is 2. The Morgan fingerprint density at radius 1 is 1.40 bits per heavy atom. The number of amides is 1. The predicted molar refractivity (Wildman–Crippen MR) is 90.0 cm³/mol. The molecule has 2 rings (SSSR count). The number of H-pyrrole nitrogens is 1. The van der Waals surface area contributed by atoms with Gasteiger partial charge in [-0.05, 0) is 43.3 Å². The van der Waals surface area contributed by atoms with E-state index >= 15 is 0 Å². The van der Waals surface area contributed by atoms with Gasteiger partial charge in [-0.2, -0.15) is 18.3 Å². The Bertz CT molecular complexity index is 852. The molecule has 0 saturated heterocycles. The van der Waals surface area contributed by atoms with E-state index in [0.717, 1.165) is 12.1 Å². The fourth-order valence-electron chi connectivity index (χ4n) is 2.38. The van der Waals surface area contributed by atoms with Gasteiger partial charge in [-0.15, -0.1) is 0 Å². The number of allylic oxidation sites excluding steroid dienone is 1. The van der Waals surface area contributed by atoms with Crippen LogP contribution in [-0.2, 0) is 24.1 Å². The van der Waals surface area contributed by atoms with Crippen molar-refractivity contribution >= 4 is 23.7 Å². The smallest absolute Gasteiger partial charge is 0.345 e. The van der Waals surface area contributed by atoms with E-state index in [4.69, 9.17) is 12.2 Å². The molecule has 0 fully saturated rings. The van der Waals surface area contributed by atoms with Gasteiger partial charge in [-0.25, -0.2) is 0 Å². The lowest BCUT2D eigenvalue weighted by Crippen LogP contribution is -2.23. The van der Waals surface area contributed by atoms with Crippen LogP contribution in [0.1, 0.15) is 30.8 Å². The number of rotatable bonds is 5. The molecule has 9 heteroatoms. The van der Waals surface area contributed by atoms with E-state index in [-0.39, 0.29) is 17.7 Å². The van der Waals surface area contributed by atoms with Crippen LogP contribution in [0.15, 0.2) is 30.3 Å². The predicted octanol–water partition coefficient (Wildman–Crippen LogP) is 3.70. The van der Waals surface area contributed by atoms with Gasteiger partial charge in [0.2, 0.25) is 5.91 Å². The van der Waals surface area contributed by atoms with E-state index in [2.05, 4.69) is 15.5 Å². The maximum Gasteiger partial charge on any atom is 0.416 e. The summed E-state index contributed by atoms with van der Waals surface area (Å²) in [6, 6.07) is 5.14. The number of halogens is 3. The molecule has 1 aromatic heterocycles. The zero-order valence-corrected chi connectivity index (χ0v) is 14.5. The molecule has 5 nitrogen and oxygen atoms in total. The number of nitrogens with zero attached hydrogens (tertiary/aromatic N) is 2. The van der Waals surface area contributed by atoms with E-state index in [9.17, 15) is 18.0 Å². The van der Waals surface area contributed by atoms with E-state index in [1.807, 2.05) is 6.92 Å². The van der Waals surface area contributed by atoms with Crippen molar-refractivity contribution in [2.45, 2.75) is 33.1 Å². The third-order valence-corrected chi connectivity index (χ3v) is 3.89. The molecule has 0 atom stereocenters. The van der Waals surface area contributed by atoms with Crippen molar-refractivity contribution < 1.29 is 18.0 Å². The molecule has 2 N–H and O–H groups in total. The van der Waals surface area contributed by atoms with Crippen LogP contribution in [0.5, 0.6) is 0 Å². The van der Waals surface area contributed by atoms with Gasteiger partial charge in [0.05, 0.1) is 12.1 Å². The van der Waals surface area contributed by atoms with Crippen LogP contribution in [0.3, 0.4) is 0 Å². The number of hydrogen-bond acceptors (Lipinski definition) is 3. The molecule has 0 aliphatic rings. The van der Waals surface area contributed by atoms with Crippen LogP contribution in [0.25, 0.3) is 5.57 Å². The minimum Gasteiger partial charge on any atom is -0.345 e. The first kappa shape index (κ1) is 18.9. The molecule has 1 amide bonds. The van der Waals surface area contributed by atoms with Gasteiger partial charge < -0.3 is 9.88 Å². The molecule has 0 aliphatic heterocycles. The van der Waals surface area contributed by atoms with Crippen LogP contribution in [0.2, 0.25) is 0 Å². The fraction of sp³-hybridized carbons (Fsp3) is 0.312. The minimum absolute atomic E-state index is 0.0265. The quantitative estimate of drug-likeness (QED) is 0.623. The largest absolute Gasteiger partial charge is 0.416 e. The highest BCUT2D eigenvalue weighted by Crippen LogP contribution is 2.34. The summed E-state index contributed by atoms with van der Waals surface area (Å²) in [4.78, 5) is 12.0. The molecule has 134 valence electrons. The number of aromatic nitrogens is 3. The van der Waals surface area contributed by atoms with Crippen molar-refractivity contribution in [1.29, 1.82) is 0 Å². The van der Waals surface area contributed by atoms with Crippen molar-refractivity contribution in [3.8, 4) is 0 Å².